The van der Waals surface area contributed by atoms with Crippen molar-refractivity contribution < 1.29 is 28.9 Å². The molecule has 148 valence electrons. The molecular weight excluding hydrogens is 367 g/mol. The third kappa shape index (κ3) is 2.25. The predicted molar refractivity (Wildman–Crippen MR) is 94.8 cm³/mol. The van der Waals surface area contributed by atoms with Gasteiger partial charge in [-0.05, 0) is 39.0 Å². The molecule has 0 saturated carbocycles. The van der Waals surface area contributed by atoms with Crippen molar-refractivity contribution in [2.24, 2.45) is 17.6 Å². The Morgan fingerprint density at radius 1 is 1.29 bits per heavy atom. The number of amides is 4. The lowest BCUT2D eigenvalue weighted by Crippen LogP contribution is -2.99. The Morgan fingerprint density at radius 2 is 1.96 bits per heavy atom. The van der Waals surface area contributed by atoms with Gasteiger partial charge >= 0.3 is 0 Å². The number of nitrogens with two attached hydrogens (primary N) is 2. The monoisotopic (exact) mass is 389 g/mol. The van der Waals surface area contributed by atoms with Crippen LogP contribution in [-0.4, -0.2) is 40.1 Å². The van der Waals surface area contributed by atoms with Crippen LogP contribution in [0.1, 0.15) is 32.8 Å². The first-order valence-electron chi connectivity index (χ1n) is 9.12. The highest BCUT2D eigenvalue weighted by molar-refractivity contribution is 6.14. The molecule has 0 unspecified atom stereocenters. The van der Waals surface area contributed by atoms with E-state index in [-0.39, 0.29) is 6.42 Å². The van der Waals surface area contributed by atoms with Crippen LogP contribution in [0.3, 0.4) is 0 Å². The van der Waals surface area contributed by atoms with Crippen LogP contribution in [0.25, 0.3) is 0 Å². The number of nitrogens with zero attached hydrogens (tertiary/aromatic N) is 1. The Morgan fingerprint density at radius 3 is 2.57 bits per heavy atom. The number of benzene rings is 1. The zero-order chi connectivity index (χ0) is 20.6. The number of carbonyl (C=O) groups is 4. The summed E-state index contributed by atoms with van der Waals surface area (Å²) >= 11 is 0. The molecule has 3 heterocycles. The lowest BCUT2D eigenvalue weighted by atomic mass is 9.76. The van der Waals surface area contributed by atoms with Crippen LogP contribution in [-0.2, 0) is 24.7 Å². The van der Waals surface area contributed by atoms with E-state index in [2.05, 4.69) is 5.32 Å². The summed E-state index contributed by atoms with van der Waals surface area (Å²) in [5.74, 6) is -4.53. The second-order valence-corrected chi connectivity index (χ2v) is 8.70. The van der Waals surface area contributed by atoms with E-state index >= 15 is 0 Å². The summed E-state index contributed by atoms with van der Waals surface area (Å²) < 4.78 is 14.0. The number of likely N-dealkylation sites (tertiary alicyclic amines) is 1. The van der Waals surface area contributed by atoms with E-state index < -0.39 is 58.4 Å². The van der Waals surface area contributed by atoms with Crippen molar-refractivity contribution >= 4 is 29.3 Å². The summed E-state index contributed by atoms with van der Waals surface area (Å²) in [6.07, 6.45) is -0.169. The van der Waals surface area contributed by atoms with Crippen LogP contribution in [0.15, 0.2) is 18.2 Å². The van der Waals surface area contributed by atoms with Crippen LogP contribution >= 0.6 is 0 Å². The molecule has 1 aromatic rings. The van der Waals surface area contributed by atoms with E-state index in [9.17, 15) is 23.6 Å². The topological polar surface area (TPSA) is 126 Å². The fourth-order valence-corrected chi connectivity index (χ4v) is 5.02. The van der Waals surface area contributed by atoms with Crippen LogP contribution < -0.4 is 16.4 Å². The van der Waals surface area contributed by atoms with E-state index in [1.807, 2.05) is 0 Å². The molecule has 8 nitrogen and oxygen atoms in total. The second-order valence-electron chi connectivity index (χ2n) is 8.70. The minimum atomic E-state index is -1.50. The number of imide groups is 1. The number of anilines is 1. The molecule has 0 bridgehead atoms. The van der Waals surface area contributed by atoms with Gasteiger partial charge in [-0.25, -0.2) is 4.39 Å². The van der Waals surface area contributed by atoms with Crippen LogP contribution in [0.5, 0.6) is 0 Å². The molecule has 4 amide bonds. The molecule has 2 saturated heterocycles. The SMILES string of the molecule is CC(C)(C)N1C(=O)[C@@H]2[C@H](CC(N)=O)[NH2+][C@]3(C(=O)Nc4ccc(F)cc43)[C@@H]2C1=O. The third-order valence-corrected chi connectivity index (χ3v) is 5.94. The molecule has 2 fully saturated rings. The second kappa shape index (κ2) is 5.60. The van der Waals surface area contributed by atoms with Crippen molar-refractivity contribution in [1.82, 2.24) is 4.90 Å². The van der Waals surface area contributed by atoms with Gasteiger partial charge in [-0.2, -0.15) is 0 Å². The van der Waals surface area contributed by atoms with E-state index in [0.29, 0.717) is 11.3 Å². The van der Waals surface area contributed by atoms with Gasteiger partial charge in [0.25, 0.3) is 5.91 Å². The minimum Gasteiger partial charge on any atom is -0.369 e. The van der Waals surface area contributed by atoms with Crippen molar-refractivity contribution in [3.8, 4) is 0 Å². The number of halogens is 1. The highest BCUT2D eigenvalue weighted by atomic mass is 19.1. The summed E-state index contributed by atoms with van der Waals surface area (Å²) in [5.41, 5.74) is 3.78. The predicted octanol–water partition coefficient (Wildman–Crippen LogP) is -0.806. The van der Waals surface area contributed by atoms with E-state index in [1.165, 1.54) is 18.2 Å². The van der Waals surface area contributed by atoms with E-state index in [1.54, 1.807) is 26.1 Å². The van der Waals surface area contributed by atoms with Crippen molar-refractivity contribution in [1.29, 1.82) is 0 Å². The smallest absolute Gasteiger partial charge is 0.291 e. The quantitative estimate of drug-likeness (QED) is 0.572. The standard InChI is InChI=1S/C19H21FN4O4/c1-18(2,3)24-15(26)13-11(7-12(21)25)23-19(14(13)16(24)27)9-6-8(20)4-5-10(9)22-17(19)28/h4-6,11,13-14,23H,7H2,1-3H3,(H2,21,25)(H,22,28)/p+1/t11-,13+,14-,19-/m0/s1. The summed E-state index contributed by atoms with van der Waals surface area (Å²) in [7, 11) is 0. The van der Waals surface area contributed by atoms with Crippen molar-refractivity contribution in [2.45, 2.75) is 44.3 Å². The normalized spacial score (nSPS) is 31.4. The molecule has 5 N–H and O–H groups in total. The lowest BCUT2D eigenvalue weighted by molar-refractivity contribution is -0.732. The molecule has 1 aromatic carbocycles. The van der Waals surface area contributed by atoms with E-state index in [4.69, 9.17) is 5.73 Å². The van der Waals surface area contributed by atoms with Crippen molar-refractivity contribution in [2.75, 3.05) is 5.32 Å². The average molecular weight is 389 g/mol. The molecule has 0 radical (unpaired) electrons. The Balaban J connectivity index is 1.92. The number of primary amides is 1. The molecule has 28 heavy (non-hydrogen) atoms. The molecule has 4 rings (SSSR count). The minimum absolute atomic E-state index is 0.169. The Hall–Kier alpha value is -2.81. The molecule has 0 aliphatic carbocycles. The Bertz CT molecular complexity index is 940. The molecule has 9 heteroatoms. The maximum atomic E-state index is 14.0. The zero-order valence-electron chi connectivity index (χ0n) is 15.8. The molecular formula is C19H22FN4O4+. The number of nitrogens with one attached hydrogen (secondary N) is 1. The van der Waals surface area contributed by atoms with Crippen LogP contribution in [0.2, 0.25) is 0 Å². The Labute approximate surface area is 160 Å². The van der Waals surface area contributed by atoms with Gasteiger partial charge in [0.1, 0.15) is 23.7 Å². The zero-order valence-corrected chi connectivity index (χ0v) is 15.8. The maximum absolute atomic E-state index is 14.0. The summed E-state index contributed by atoms with van der Waals surface area (Å²) in [4.78, 5) is 52.4. The van der Waals surface area contributed by atoms with Gasteiger partial charge in [-0.15, -0.1) is 0 Å². The fourth-order valence-electron chi connectivity index (χ4n) is 5.02. The molecule has 3 aliphatic rings. The van der Waals surface area contributed by atoms with E-state index in [0.717, 1.165) is 4.90 Å². The number of hydrogen-bond acceptors (Lipinski definition) is 4. The van der Waals surface area contributed by atoms with Gasteiger partial charge in [0.05, 0.1) is 12.1 Å². The molecule has 0 aromatic heterocycles. The van der Waals surface area contributed by atoms with Gasteiger partial charge in [-0.1, -0.05) is 0 Å². The van der Waals surface area contributed by atoms with Crippen molar-refractivity contribution in [3.05, 3.63) is 29.6 Å². The molecule has 3 aliphatic heterocycles. The van der Waals surface area contributed by atoms with Gasteiger partial charge in [0, 0.05) is 11.1 Å². The Kier molecular flexibility index (Phi) is 3.71. The number of quaternary nitrogens is 1. The highest BCUT2D eigenvalue weighted by Crippen LogP contribution is 2.50. The van der Waals surface area contributed by atoms with Crippen LogP contribution in [0.4, 0.5) is 10.1 Å². The first kappa shape index (κ1) is 18.5. The lowest BCUT2D eigenvalue weighted by Gasteiger charge is -2.33. The summed E-state index contributed by atoms with van der Waals surface area (Å²) in [5, 5.41) is 4.26. The highest BCUT2D eigenvalue weighted by Gasteiger charge is 2.75. The van der Waals surface area contributed by atoms with Crippen LogP contribution in [0, 0.1) is 17.7 Å². The maximum Gasteiger partial charge on any atom is 0.291 e. The number of hydrogen-bond donors (Lipinski definition) is 3. The number of rotatable bonds is 2. The van der Waals surface area contributed by atoms with Gasteiger partial charge in [0.2, 0.25) is 23.3 Å². The average Bonchev–Trinajstić information content (AvgIpc) is 3.12. The van der Waals surface area contributed by atoms with Gasteiger partial charge in [0.15, 0.2) is 0 Å². The first-order valence-corrected chi connectivity index (χ1v) is 9.12. The number of fused-ring (bicyclic) bond motifs is 4. The first-order chi connectivity index (χ1) is 13.0. The number of carbonyl (C=O) groups excluding carboxylic acids is 4. The molecule has 1 spiro atoms. The van der Waals surface area contributed by atoms with Gasteiger partial charge < -0.3 is 16.4 Å². The third-order valence-electron chi connectivity index (χ3n) is 5.94. The summed E-state index contributed by atoms with van der Waals surface area (Å²) in [6.45, 7) is 5.18. The summed E-state index contributed by atoms with van der Waals surface area (Å²) in [6, 6.07) is 3.18. The fraction of sp³-hybridized carbons (Fsp3) is 0.474. The largest absolute Gasteiger partial charge is 0.369 e. The van der Waals surface area contributed by atoms with Crippen molar-refractivity contribution in [3.63, 3.8) is 0 Å². The molecule has 4 atom stereocenters. The van der Waals surface area contributed by atoms with Gasteiger partial charge in [-0.3, -0.25) is 24.1 Å².